The van der Waals surface area contributed by atoms with Crippen molar-refractivity contribution in [2.45, 2.75) is 6.92 Å². The Morgan fingerprint density at radius 3 is 2.33 bits per heavy atom. The number of aromatic amines is 1. The van der Waals surface area contributed by atoms with Gasteiger partial charge in [-0.3, -0.25) is 14.6 Å². The van der Waals surface area contributed by atoms with E-state index in [1.807, 2.05) is 6.07 Å². The van der Waals surface area contributed by atoms with Crippen molar-refractivity contribution in [3.63, 3.8) is 0 Å². The zero-order valence-corrected chi connectivity index (χ0v) is 16.4. The molecular formula is C21H15ClN4O4. The van der Waals surface area contributed by atoms with E-state index in [1.54, 1.807) is 43.3 Å². The monoisotopic (exact) mass is 422 g/mol. The number of H-pyrrole nitrogens is 1. The Morgan fingerprint density at radius 2 is 1.67 bits per heavy atom. The standard InChI is InChI=1S/C21H15ClN4O4/c1-12-16(20(29)26(24-12)15-5-3-2-4-6-15)11-17-18(27)23-21(30)25(19(17)28)14-9-7-13(22)8-10-14/h2-11,28H,1H3,(H,23,27,30)/b16-11+. The van der Waals surface area contributed by atoms with Crippen molar-refractivity contribution in [3.8, 4) is 11.6 Å². The predicted octanol–water partition coefficient (Wildman–Crippen LogP) is 2.69. The third-order valence-corrected chi connectivity index (χ3v) is 4.81. The minimum Gasteiger partial charge on any atom is -0.494 e. The van der Waals surface area contributed by atoms with Crippen LogP contribution in [0.15, 0.2) is 74.9 Å². The molecule has 1 aliphatic heterocycles. The Balaban J connectivity index is 1.83. The summed E-state index contributed by atoms with van der Waals surface area (Å²) in [7, 11) is 0. The van der Waals surface area contributed by atoms with Crippen molar-refractivity contribution in [3.05, 3.63) is 91.6 Å². The van der Waals surface area contributed by atoms with Gasteiger partial charge in [-0.1, -0.05) is 29.8 Å². The molecule has 30 heavy (non-hydrogen) atoms. The van der Waals surface area contributed by atoms with Crippen LogP contribution >= 0.6 is 11.6 Å². The Bertz CT molecular complexity index is 1320. The van der Waals surface area contributed by atoms with Gasteiger partial charge in [0.25, 0.3) is 11.5 Å². The summed E-state index contributed by atoms with van der Waals surface area (Å²) in [5.41, 5.74) is -0.531. The lowest BCUT2D eigenvalue weighted by molar-refractivity contribution is -0.114. The van der Waals surface area contributed by atoms with E-state index in [2.05, 4.69) is 10.1 Å². The van der Waals surface area contributed by atoms with E-state index in [-0.39, 0.29) is 11.1 Å². The number of aromatic hydroxyl groups is 1. The highest BCUT2D eigenvalue weighted by atomic mass is 35.5. The third-order valence-electron chi connectivity index (χ3n) is 4.56. The second-order valence-corrected chi connectivity index (χ2v) is 6.94. The fourth-order valence-electron chi connectivity index (χ4n) is 3.07. The van der Waals surface area contributed by atoms with E-state index < -0.39 is 23.0 Å². The molecule has 3 aromatic rings. The molecule has 2 N–H and O–H groups in total. The Labute approximate surface area is 175 Å². The molecule has 8 nitrogen and oxygen atoms in total. The first-order valence-electron chi connectivity index (χ1n) is 8.88. The van der Waals surface area contributed by atoms with E-state index in [4.69, 9.17) is 11.6 Å². The summed E-state index contributed by atoms with van der Waals surface area (Å²) < 4.78 is 0.922. The van der Waals surface area contributed by atoms with E-state index in [9.17, 15) is 19.5 Å². The second kappa shape index (κ2) is 7.49. The van der Waals surface area contributed by atoms with Crippen LogP contribution in [0.5, 0.6) is 5.88 Å². The third kappa shape index (κ3) is 3.33. The molecule has 2 aromatic carbocycles. The average Bonchev–Trinajstić information content (AvgIpc) is 3.01. The number of carbonyl (C=O) groups is 1. The minimum atomic E-state index is -0.825. The van der Waals surface area contributed by atoms with Gasteiger partial charge in [0.1, 0.15) is 5.56 Å². The number of nitrogens with one attached hydrogen (secondary N) is 1. The van der Waals surface area contributed by atoms with Gasteiger partial charge in [-0.25, -0.2) is 9.36 Å². The molecule has 0 radical (unpaired) electrons. The first-order valence-corrected chi connectivity index (χ1v) is 9.25. The lowest BCUT2D eigenvalue weighted by Crippen LogP contribution is -2.30. The summed E-state index contributed by atoms with van der Waals surface area (Å²) in [6.07, 6.45) is 1.23. The minimum absolute atomic E-state index is 0.126. The normalized spacial score (nSPS) is 15.0. The molecule has 0 saturated carbocycles. The second-order valence-electron chi connectivity index (χ2n) is 6.50. The number of carbonyl (C=O) groups excluding carboxylic acids is 1. The SMILES string of the molecule is CC1=NN(c2ccccc2)C(=O)/C1=C/c1c(O)n(-c2ccc(Cl)cc2)c(=O)[nH]c1=O. The van der Waals surface area contributed by atoms with Gasteiger partial charge in [-0.2, -0.15) is 10.1 Å². The van der Waals surface area contributed by atoms with Crippen molar-refractivity contribution < 1.29 is 9.90 Å². The highest BCUT2D eigenvalue weighted by Crippen LogP contribution is 2.26. The van der Waals surface area contributed by atoms with Gasteiger partial charge in [0.15, 0.2) is 0 Å². The average molecular weight is 423 g/mol. The van der Waals surface area contributed by atoms with Crippen LogP contribution in [0.25, 0.3) is 11.8 Å². The Hall–Kier alpha value is -3.91. The Kier molecular flexibility index (Phi) is 4.85. The number of halogens is 1. The van der Waals surface area contributed by atoms with Crippen LogP contribution < -0.4 is 16.3 Å². The molecule has 1 aliphatic rings. The number of anilines is 1. The number of rotatable bonds is 3. The number of nitrogens with zero attached hydrogens (tertiary/aromatic N) is 3. The van der Waals surface area contributed by atoms with Crippen LogP contribution in [0.4, 0.5) is 5.69 Å². The number of hydrazone groups is 1. The number of benzene rings is 2. The van der Waals surface area contributed by atoms with E-state index in [0.717, 1.165) is 4.57 Å². The zero-order valence-electron chi connectivity index (χ0n) is 15.7. The van der Waals surface area contributed by atoms with E-state index in [0.29, 0.717) is 22.1 Å². The first-order chi connectivity index (χ1) is 14.4. The quantitative estimate of drug-likeness (QED) is 0.632. The summed E-state index contributed by atoms with van der Waals surface area (Å²) in [5.74, 6) is -1.06. The van der Waals surface area contributed by atoms with Gasteiger partial charge in [0.05, 0.1) is 22.7 Å². The molecule has 0 bridgehead atoms. The van der Waals surface area contributed by atoms with Gasteiger partial charge in [-0.15, -0.1) is 0 Å². The maximum Gasteiger partial charge on any atom is 0.335 e. The van der Waals surface area contributed by atoms with Crippen LogP contribution in [-0.4, -0.2) is 26.3 Å². The van der Waals surface area contributed by atoms with Crippen molar-refractivity contribution in [2.24, 2.45) is 5.10 Å². The van der Waals surface area contributed by atoms with E-state index >= 15 is 0 Å². The molecule has 9 heteroatoms. The molecule has 0 unspecified atom stereocenters. The summed E-state index contributed by atoms with van der Waals surface area (Å²) in [6.45, 7) is 1.62. The van der Waals surface area contributed by atoms with Gasteiger partial charge < -0.3 is 5.11 Å². The number of aromatic nitrogens is 2. The molecule has 0 atom stereocenters. The van der Waals surface area contributed by atoms with Crippen LogP contribution in [0, 0.1) is 0 Å². The van der Waals surface area contributed by atoms with Gasteiger partial charge in [0.2, 0.25) is 5.88 Å². The lowest BCUT2D eigenvalue weighted by Gasteiger charge is -2.12. The maximum atomic E-state index is 12.9. The van der Waals surface area contributed by atoms with Crippen LogP contribution in [0.2, 0.25) is 5.02 Å². The fourth-order valence-corrected chi connectivity index (χ4v) is 3.20. The smallest absolute Gasteiger partial charge is 0.335 e. The molecule has 0 spiro atoms. The molecule has 0 aliphatic carbocycles. The van der Waals surface area contributed by atoms with Gasteiger partial charge in [0, 0.05) is 5.02 Å². The summed E-state index contributed by atoms with van der Waals surface area (Å²) in [6, 6.07) is 14.9. The number of hydrogen-bond donors (Lipinski definition) is 2. The van der Waals surface area contributed by atoms with Crippen molar-refractivity contribution >= 4 is 35.0 Å². The van der Waals surface area contributed by atoms with Crippen LogP contribution in [-0.2, 0) is 4.79 Å². The summed E-state index contributed by atoms with van der Waals surface area (Å²) in [4.78, 5) is 39.7. The molecule has 150 valence electrons. The number of amides is 1. The van der Waals surface area contributed by atoms with Crippen molar-refractivity contribution in [1.82, 2.24) is 9.55 Å². The highest BCUT2D eigenvalue weighted by Gasteiger charge is 2.29. The summed E-state index contributed by atoms with van der Waals surface area (Å²) >= 11 is 5.87. The van der Waals surface area contributed by atoms with Crippen molar-refractivity contribution in [1.29, 1.82) is 0 Å². The topological polar surface area (TPSA) is 108 Å². The molecule has 4 rings (SSSR count). The molecule has 0 saturated heterocycles. The largest absolute Gasteiger partial charge is 0.494 e. The number of para-hydroxylation sites is 1. The predicted molar refractivity (Wildman–Crippen MR) is 114 cm³/mol. The molecule has 0 fully saturated rings. The van der Waals surface area contributed by atoms with Crippen LogP contribution in [0.3, 0.4) is 0 Å². The number of hydrogen-bond acceptors (Lipinski definition) is 5. The maximum absolute atomic E-state index is 12.9. The van der Waals surface area contributed by atoms with Gasteiger partial charge in [-0.05, 0) is 49.4 Å². The molecule has 1 amide bonds. The fraction of sp³-hybridized carbons (Fsp3) is 0.0476. The zero-order chi connectivity index (χ0) is 21.4. The lowest BCUT2D eigenvalue weighted by atomic mass is 10.1. The Morgan fingerprint density at radius 1 is 1.00 bits per heavy atom. The first kappa shape index (κ1) is 19.4. The molecule has 2 heterocycles. The van der Waals surface area contributed by atoms with Gasteiger partial charge >= 0.3 is 5.69 Å². The highest BCUT2D eigenvalue weighted by molar-refractivity contribution is 6.32. The van der Waals surface area contributed by atoms with E-state index in [1.165, 1.54) is 23.2 Å². The van der Waals surface area contributed by atoms with Crippen molar-refractivity contribution in [2.75, 3.05) is 5.01 Å². The molecular weight excluding hydrogens is 408 g/mol. The summed E-state index contributed by atoms with van der Waals surface area (Å²) in [5, 5.41) is 16.6. The van der Waals surface area contributed by atoms with Crippen LogP contribution in [0.1, 0.15) is 12.5 Å². The molecule has 1 aromatic heterocycles.